The first kappa shape index (κ1) is 14.8. The summed E-state index contributed by atoms with van der Waals surface area (Å²) in [5.41, 5.74) is 0. The number of carboxylic acids is 2. The molecule has 1 aromatic rings. The van der Waals surface area contributed by atoms with Gasteiger partial charge in [-0.05, 0) is 6.42 Å². The zero-order valence-electron chi connectivity index (χ0n) is 11.1. The van der Waals surface area contributed by atoms with Crippen LogP contribution >= 0.6 is 0 Å². The molecule has 1 atom stereocenters. The molecule has 3 N–H and O–H groups in total. The molecule has 2 rings (SSSR count). The molecule has 0 aliphatic carbocycles. The van der Waals surface area contributed by atoms with Crippen LogP contribution in [-0.4, -0.2) is 60.4 Å². The average molecular weight is 297 g/mol. The Bertz CT molecular complexity index is 557. The number of carbonyl (C=O) groups excluding carboxylic acids is 1. The highest BCUT2D eigenvalue weighted by molar-refractivity contribution is 5.83. The quantitative estimate of drug-likeness (QED) is 0.641. The van der Waals surface area contributed by atoms with E-state index in [-0.39, 0.29) is 19.4 Å². The molecule has 2 amide bonds. The smallest absolute Gasteiger partial charge is 0.326 e. The first-order valence-corrected chi connectivity index (χ1v) is 6.34. The summed E-state index contributed by atoms with van der Waals surface area (Å²) in [6.45, 7) is 1.17. The standard InChI is InChI=1S/C11H15N5O5/c17-9(18)2-1-7(10(19)20)13-11(21)15-3-4-16-6-12-14-8(16)5-15/h6-7H,1-5H2,(H,13,21)(H,17,18)(H,19,20). The number of nitrogens with zero attached hydrogens (tertiary/aromatic N) is 4. The van der Waals surface area contributed by atoms with Crippen LogP contribution < -0.4 is 5.32 Å². The largest absolute Gasteiger partial charge is 0.481 e. The molecule has 0 saturated carbocycles. The number of carboxylic acid groups (broad SMARTS) is 2. The summed E-state index contributed by atoms with van der Waals surface area (Å²) in [5, 5.41) is 27.5. The van der Waals surface area contributed by atoms with Crippen LogP contribution in [0.1, 0.15) is 18.7 Å². The van der Waals surface area contributed by atoms with Crippen molar-refractivity contribution in [2.75, 3.05) is 6.54 Å². The van der Waals surface area contributed by atoms with Gasteiger partial charge in [0.15, 0.2) is 5.82 Å². The molecule has 10 heteroatoms. The molecule has 1 aliphatic rings. The zero-order valence-corrected chi connectivity index (χ0v) is 11.1. The summed E-state index contributed by atoms with van der Waals surface area (Å²) in [6, 6.07) is -1.78. The van der Waals surface area contributed by atoms with Crippen LogP contribution in [-0.2, 0) is 22.7 Å². The van der Waals surface area contributed by atoms with Crippen molar-refractivity contribution in [3.05, 3.63) is 12.2 Å². The molecule has 0 aromatic carbocycles. The first-order chi connectivity index (χ1) is 9.97. The summed E-state index contributed by atoms with van der Waals surface area (Å²) in [4.78, 5) is 35.0. The fraction of sp³-hybridized carbons (Fsp3) is 0.545. The van der Waals surface area contributed by atoms with Crippen LogP contribution in [0.4, 0.5) is 4.79 Å². The Hall–Kier alpha value is -2.65. The fourth-order valence-corrected chi connectivity index (χ4v) is 2.01. The molecule has 0 radical (unpaired) electrons. The Kier molecular flexibility index (Phi) is 4.36. The van der Waals surface area contributed by atoms with Gasteiger partial charge in [0.1, 0.15) is 12.4 Å². The summed E-state index contributed by atoms with van der Waals surface area (Å²) in [5.74, 6) is -1.75. The van der Waals surface area contributed by atoms with Gasteiger partial charge in [-0.15, -0.1) is 10.2 Å². The fourth-order valence-electron chi connectivity index (χ4n) is 2.01. The average Bonchev–Trinajstić information content (AvgIpc) is 2.89. The number of fused-ring (bicyclic) bond motifs is 1. The van der Waals surface area contributed by atoms with Gasteiger partial charge in [0.2, 0.25) is 0 Å². The third-order valence-electron chi connectivity index (χ3n) is 3.17. The van der Waals surface area contributed by atoms with Gasteiger partial charge < -0.3 is 25.0 Å². The van der Waals surface area contributed by atoms with Gasteiger partial charge in [-0.25, -0.2) is 9.59 Å². The molecule has 0 fully saturated rings. The second kappa shape index (κ2) is 6.20. The zero-order chi connectivity index (χ0) is 15.4. The van der Waals surface area contributed by atoms with Gasteiger partial charge in [-0.3, -0.25) is 4.79 Å². The molecule has 2 heterocycles. The van der Waals surface area contributed by atoms with Gasteiger partial charge in [-0.1, -0.05) is 0 Å². The molecule has 0 bridgehead atoms. The number of aromatic nitrogens is 3. The van der Waals surface area contributed by atoms with E-state index >= 15 is 0 Å². The number of nitrogens with one attached hydrogen (secondary N) is 1. The Morgan fingerprint density at radius 1 is 1.33 bits per heavy atom. The number of aliphatic carboxylic acids is 2. The van der Waals surface area contributed by atoms with Gasteiger partial charge in [0.05, 0.1) is 6.54 Å². The van der Waals surface area contributed by atoms with Gasteiger partial charge in [-0.2, -0.15) is 0 Å². The third kappa shape index (κ3) is 3.68. The van der Waals surface area contributed by atoms with E-state index in [1.54, 1.807) is 6.33 Å². The van der Waals surface area contributed by atoms with Crippen molar-refractivity contribution in [3.8, 4) is 0 Å². The summed E-state index contributed by atoms with van der Waals surface area (Å²) < 4.78 is 1.81. The van der Waals surface area contributed by atoms with Crippen molar-refractivity contribution < 1.29 is 24.6 Å². The maximum atomic E-state index is 12.0. The molecular weight excluding hydrogens is 282 g/mol. The number of carbonyl (C=O) groups is 3. The molecule has 10 nitrogen and oxygen atoms in total. The Labute approximate surface area is 119 Å². The van der Waals surface area contributed by atoms with E-state index in [4.69, 9.17) is 10.2 Å². The molecule has 1 aliphatic heterocycles. The van der Waals surface area contributed by atoms with Crippen LogP contribution in [0.2, 0.25) is 0 Å². The number of amides is 2. The van der Waals surface area contributed by atoms with Crippen LogP contribution in [0.25, 0.3) is 0 Å². The summed E-state index contributed by atoms with van der Waals surface area (Å²) in [7, 11) is 0. The summed E-state index contributed by atoms with van der Waals surface area (Å²) in [6.07, 6.45) is 1.07. The minimum Gasteiger partial charge on any atom is -0.481 e. The number of hydrogen-bond acceptors (Lipinski definition) is 5. The van der Waals surface area contributed by atoms with E-state index in [0.717, 1.165) is 0 Å². The molecule has 1 aromatic heterocycles. The Morgan fingerprint density at radius 3 is 2.76 bits per heavy atom. The molecule has 0 saturated heterocycles. The normalized spacial score (nSPS) is 15.1. The van der Waals surface area contributed by atoms with Crippen molar-refractivity contribution >= 4 is 18.0 Å². The predicted molar refractivity (Wildman–Crippen MR) is 67.3 cm³/mol. The van der Waals surface area contributed by atoms with E-state index in [2.05, 4.69) is 15.5 Å². The second-order valence-electron chi connectivity index (χ2n) is 4.63. The predicted octanol–water partition coefficient (Wildman–Crippen LogP) is -0.879. The van der Waals surface area contributed by atoms with E-state index in [1.807, 2.05) is 4.57 Å². The van der Waals surface area contributed by atoms with Gasteiger partial charge >= 0.3 is 18.0 Å². The van der Waals surface area contributed by atoms with Crippen molar-refractivity contribution in [1.82, 2.24) is 25.0 Å². The summed E-state index contributed by atoms with van der Waals surface area (Å²) >= 11 is 0. The van der Waals surface area contributed by atoms with Gasteiger partial charge in [0, 0.05) is 19.5 Å². The highest BCUT2D eigenvalue weighted by atomic mass is 16.4. The molecule has 0 spiro atoms. The van der Waals surface area contributed by atoms with Crippen molar-refractivity contribution in [2.24, 2.45) is 0 Å². The topological polar surface area (TPSA) is 138 Å². The van der Waals surface area contributed by atoms with E-state index in [0.29, 0.717) is 18.9 Å². The molecular formula is C11H15N5O5. The molecule has 21 heavy (non-hydrogen) atoms. The minimum atomic E-state index is -1.26. The SMILES string of the molecule is O=C(O)CCC(NC(=O)N1CCn2cnnc2C1)C(=O)O. The van der Waals surface area contributed by atoms with Crippen LogP contribution in [0.5, 0.6) is 0 Å². The monoisotopic (exact) mass is 297 g/mol. The first-order valence-electron chi connectivity index (χ1n) is 6.34. The Morgan fingerprint density at radius 2 is 2.10 bits per heavy atom. The lowest BCUT2D eigenvalue weighted by molar-refractivity contribution is -0.140. The van der Waals surface area contributed by atoms with E-state index in [1.165, 1.54) is 4.90 Å². The van der Waals surface area contributed by atoms with E-state index < -0.39 is 24.0 Å². The highest BCUT2D eigenvalue weighted by Gasteiger charge is 2.26. The van der Waals surface area contributed by atoms with Crippen LogP contribution in [0.3, 0.4) is 0 Å². The number of urea groups is 1. The maximum absolute atomic E-state index is 12.0. The van der Waals surface area contributed by atoms with Crippen molar-refractivity contribution in [1.29, 1.82) is 0 Å². The van der Waals surface area contributed by atoms with Gasteiger partial charge in [0.25, 0.3) is 0 Å². The van der Waals surface area contributed by atoms with Crippen LogP contribution in [0.15, 0.2) is 6.33 Å². The third-order valence-corrected chi connectivity index (χ3v) is 3.17. The van der Waals surface area contributed by atoms with Crippen LogP contribution in [0, 0.1) is 0 Å². The lowest BCUT2D eigenvalue weighted by Crippen LogP contribution is -2.50. The minimum absolute atomic E-state index is 0.166. The lowest BCUT2D eigenvalue weighted by atomic mass is 10.1. The van der Waals surface area contributed by atoms with Crippen molar-refractivity contribution in [2.45, 2.75) is 32.0 Å². The highest BCUT2D eigenvalue weighted by Crippen LogP contribution is 2.09. The lowest BCUT2D eigenvalue weighted by Gasteiger charge is -2.28. The Balaban J connectivity index is 1.93. The van der Waals surface area contributed by atoms with Crippen molar-refractivity contribution in [3.63, 3.8) is 0 Å². The van der Waals surface area contributed by atoms with E-state index in [9.17, 15) is 14.4 Å². The number of hydrogen-bond donors (Lipinski definition) is 3. The molecule has 1 unspecified atom stereocenters. The second-order valence-corrected chi connectivity index (χ2v) is 4.63. The maximum Gasteiger partial charge on any atom is 0.326 e. The molecule has 114 valence electrons. The number of rotatable bonds is 5.